The second kappa shape index (κ2) is 14.9. The smallest absolute Gasteiger partial charge is 0.304 e. The zero-order chi connectivity index (χ0) is 35.3. The third-order valence-electron chi connectivity index (χ3n) is 7.51. The van der Waals surface area contributed by atoms with Crippen molar-refractivity contribution in [3.05, 3.63) is 134 Å². The Hall–Kier alpha value is -5.19. The van der Waals surface area contributed by atoms with Gasteiger partial charge < -0.3 is 4.98 Å². The number of carbonyl (C=O) groups is 3. The van der Waals surface area contributed by atoms with E-state index < -0.39 is 28.3 Å². The molecule has 11 nitrogen and oxygen atoms in total. The lowest BCUT2D eigenvalue weighted by Crippen LogP contribution is -2.39. The highest BCUT2D eigenvalue weighted by Gasteiger charge is 2.25. The van der Waals surface area contributed by atoms with Crippen LogP contribution < -0.4 is 22.5 Å². The van der Waals surface area contributed by atoms with Gasteiger partial charge in [-0.2, -0.15) is 0 Å². The van der Waals surface area contributed by atoms with Gasteiger partial charge in [-0.15, -0.1) is 0 Å². The Morgan fingerprint density at radius 2 is 1.09 bits per heavy atom. The molecule has 4 aromatic rings. The van der Waals surface area contributed by atoms with E-state index >= 15 is 0 Å². The molecular weight excluding hydrogens is 600 g/mol. The molecule has 0 amide bonds. The Kier molecular flexibility index (Phi) is 11.5. The van der Waals surface area contributed by atoms with E-state index in [0.717, 1.165) is 26.8 Å². The van der Waals surface area contributed by atoms with Crippen LogP contribution in [-0.4, -0.2) is 36.9 Å². The zero-order valence-corrected chi connectivity index (χ0v) is 28.3. The first-order valence-electron chi connectivity index (χ1n) is 15.5. The highest BCUT2D eigenvalue weighted by Crippen LogP contribution is 2.20. The van der Waals surface area contributed by atoms with Crippen molar-refractivity contribution in [1.82, 2.24) is 19.5 Å². The van der Waals surface area contributed by atoms with Crippen molar-refractivity contribution < 1.29 is 14.4 Å². The van der Waals surface area contributed by atoms with Crippen molar-refractivity contribution in [2.45, 2.75) is 87.1 Å². The van der Waals surface area contributed by atoms with Crippen molar-refractivity contribution in [3.8, 4) is 0 Å². The van der Waals surface area contributed by atoms with E-state index in [2.05, 4.69) is 15.0 Å². The second-order valence-corrected chi connectivity index (χ2v) is 12.4. The standard InChI is InChI=1S/C20H24N2O4.C16H18N2O3/c1-6-15(23)10-22-17(16(11(2)3)19(25)21-20(22)26)18(24)14-8-12(4)7-13(5)9-14;1-8(2)12-13(17-16(21)18-15(12)20)14(19)11-6-9(3)5-10(4)7-11/h7-9,11H,6,10H2,1-5H3,(H,21,25,26);5-8H,1-4H3,(H2,17,18,20,21). The van der Waals surface area contributed by atoms with Crippen molar-refractivity contribution in [2.24, 2.45) is 0 Å². The lowest BCUT2D eigenvalue weighted by molar-refractivity contribution is -0.119. The summed E-state index contributed by atoms with van der Waals surface area (Å²) in [7, 11) is 0. The molecule has 0 radical (unpaired) electrons. The summed E-state index contributed by atoms with van der Waals surface area (Å²) < 4.78 is 1.10. The third kappa shape index (κ3) is 8.55. The van der Waals surface area contributed by atoms with Crippen molar-refractivity contribution in [1.29, 1.82) is 0 Å². The molecule has 0 atom stereocenters. The second-order valence-electron chi connectivity index (χ2n) is 12.4. The molecule has 0 saturated heterocycles. The van der Waals surface area contributed by atoms with Gasteiger partial charge >= 0.3 is 11.4 Å². The van der Waals surface area contributed by atoms with Crippen LogP contribution in [0.15, 0.2) is 55.6 Å². The molecule has 0 bridgehead atoms. The van der Waals surface area contributed by atoms with E-state index in [9.17, 15) is 33.6 Å². The van der Waals surface area contributed by atoms with E-state index in [1.807, 2.05) is 39.8 Å². The first-order valence-corrected chi connectivity index (χ1v) is 15.5. The molecule has 4 rings (SSSR count). The maximum atomic E-state index is 13.2. The Morgan fingerprint density at radius 3 is 1.53 bits per heavy atom. The number of benzene rings is 2. The summed E-state index contributed by atoms with van der Waals surface area (Å²) in [5.74, 6) is -1.41. The van der Waals surface area contributed by atoms with Gasteiger partial charge in [-0.3, -0.25) is 38.5 Å². The molecule has 3 N–H and O–H groups in total. The minimum absolute atomic E-state index is 0.000509. The predicted octanol–water partition coefficient (Wildman–Crippen LogP) is 4.52. The summed E-state index contributed by atoms with van der Waals surface area (Å²) in [6, 6.07) is 10.8. The molecule has 0 fully saturated rings. The van der Waals surface area contributed by atoms with Gasteiger partial charge in [-0.1, -0.05) is 69.0 Å². The number of Topliss-reactive ketones (excluding diaryl/α,β-unsaturated/α-hetero) is 1. The van der Waals surface area contributed by atoms with Crippen LogP contribution in [0.2, 0.25) is 0 Å². The van der Waals surface area contributed by atoms with Gasteiger partial charge in [0.25, 0.3) is 11.1 Å². The molecule has 0 aliphatic rings. The van der Waals surface area contributed by atoms with Crippen molar-refractivity contribution >= 4 is 17.3 Å². The summed E-state index contributed by atoms with van der Waals surface area (Å²) in [6.45, 7) is 16.2. The molecule has 2 heterocycles. The number of ketones is 3. The quantitative estimate of drug-likeness (QED) is 0.225. The Bertz CT molecular complexity index is 2050. The van der Waals surface area contributed by atoms with E-state index in [1.165, 1.54) is 0 Å². The highest BCUT2D eigenvalue weighted by atomic mass is 16.2. The average molecular weight is 643 g/mol. The number of carbonyl (C=O) groups excluding carboxylic acids is 3. The van der Waals surface area contributed by atoms with Crippen LogP contribution in [0.5, 0.6) is 0 Å². The normalized spacial score (nSPS) is 11.0. The van der Waals surface area contributed by atoms with E-state index in [1.54, 1.807) is 58.9 Å². The van der Waals surface area contributed by atoms with Crippen LogP contribution in [0.1, 0.15) is 118 Å². The number of nitrogens with one attached hydrogen (secondary N) is 3. The minimum Gasteiger partial charge on any atom is -0.304 e. The summed E-state index contributed by atoms with van der Waals surface area (Å²) in [5.41, 5.74) is 2.67. The molecule has 2 aromatic heterocycles. The Labute approximate surface area is 272 Å². The fourth-order valence-corrected chi connectivity index (χ4v) is 5.52. The summed E-state index contributed by atoms with van der Waals surface area (Å²) >= 11 is 0. The first-order chi connectivity index (χ1) is 21.9. The topological polar surface area (TPSA) is 172 Å². The first kappa shape index (κ1) is 36.3. The van der Waals surface area contributed by atoms with Crippen LogP contribution in [0.25, 0.3) is 0 Å². The molecular formula is C36H42N4O7. The van der Waals surface area contributed by atoms with Gasteiger partial charge in [0.05, 0.1) is 12.2 Å². The van der Waals surface area contributed by atoms with Crippen LogP contribution in [0.3, 0.4) is 0 Å². The molecule has 11 heteroatoms. The number of aromatic nitrogens is 4. The molecule has 2 aromatic carbocycles. The number of rotatable bonds is 9. The number of aryl methyl sites for hydroxylation is 4. The number of H-pyrrole nitrogens is 3. The molecule has 248 valence electrons. The van der Waals surface area contributed by atoms with Crippen LogP contribution in [-0.2, 0) is 11.3 Å². The van der Waals surface area contributed by atoms with Crippen LogP contribution in [0, 0.1) is 27.7 Å². The van der Waals surface area contributed by atoms with E-state index in [0.29, 0.717) is 16.7 Å². The van der Waals surface area contributed by atoms with Gasteiger partial charge in [-0.25, -0.2) is 9.59 Å². The summed E-state index contributed by atoms with van der Waals surface area (Å²) in [5, 5.41) is 0. The van der Waals surface area contributed by atoms with Gasteiger partial charge in [0.15, 0.2) is 5.78 Å². The minimum atomic E-state index is -0.742. The summed E-state index contributed by atoms with van der Waals surface area (Å²) in [4.78, 5) is 92.9. The summed E-state index contributed by atoms with van der Waals surface area (Å²) in [6.07, 6.45) is 0.236. The number of hydrogen-bond donors (Lipinski definition) is 3. The van der Waals surface area contributed by atoms with E-state index in [4.69, 9.17) is 0 Å². The molecule has 47 heavy (non-hydrogen) atoms. The van der Waals surface area contributed by atoms with Gasteiger partial charge in [0, 0.05) is 28.7 Å². The highest BCUT2D eigenvalue weighted by molar-refractivity contribution is 6.09. The molecule has 0 aliphatic carbocycles. The van der Waals surface area contributed by atoms with Gasteiger partial charge in [0.1, 0.15) is 5.69 Å². The largest absolute Gasteiger partial charge is 0.329 e. The predicted molar refractivity (Wildman–Crippen MR) is 181 cm³/mol. The Balaban J connectivity index is 0.000000261. The molecule has 0 unspecified atom stereocenters. The van der Waals surface area contributed by atoms with Crippen molar-refractivity contribution in [2.75, 3.05) is 0 Å². The maximum absolute atomic E-state index is 13.2. The monoisotopic (exact) mass is 642 g/mol. The Morgan fingerprint density at radius 1 is 0.638 bits per heavy atom. The van der Waals surface area contributed by atoms with E-state index in [-0.39, 0.29) is 53.3 Å². The van der Waals surface area contributed by atoms with Gasteiger partial charge in [-0.05, 0) is 63.8 Å². The number of hydrogen-bond acceptors (Lipinski definition) is 7. The number of aromatic amines is 3. The molecule has 0 aliphatic heterocycles. The van der Waals surface area contributed by atoms with Gasteiger partial charge in [0.2, 0.25) is 11.6 Å². The lowest BCUT2D eigenvalue weighted by atomic mass is 9.95. The number of nitrogens with zero attached hydrogens (tertiary/aromatic N) is 1. The lowest BCUT2D eigenvalue weighted by Gasteiger charge is -2.17. The zero-order valence-electron chi connectivity index (χ0n) is 28.3. The third-order valence-corrected chi connectivity index (χ3v) is 7.51. The fourth-order valence-electron chi connectivity index (χ4n) is 5.52. The molecule has 0 saturated carbocycles. The molecule has 0 spiro atoms. The van der Waals surface area contributed by atoms with Crippen LogP contribution in [0.4, 0.5) is 0 Å². The maximum Gasteiger partial charge on any atom is 0.329 e. The average Bonchev–Trinajstić information content (AvgIpc) is 2.95. The van der Waals surface area contributed by atoms with Crippen molar-refractivity contribution in [3.63, 3.8) is 0 Å². The fraction of sp³-hybridized carbons (Fsp3) is 0.361. The van der Waals surface area contributed by atoms with Crippen LogP contribution >= 0.6 is 0 Å². The SMILES string of the molecule is CCC(=O)Cn1c(C(=O)c2cc(C)cc(C)c2)c(C(C)C)c(=O)[nH]c1=O.Cc1cc(C)cc(C(=O)c2[nH]c(=O)[nH]c(=O)c2C(C)C)c1.